The summed E-state index contributed by atoms with van der Waals surface area (Å²) in [6.07, 6.45) is -2.12. The highest BCUT2D eigenvalue weighted by Gasteiger charge is 2.31. The number of anilines is 2. The number of urea groups is 1. The Bertz CT molecular complexity index is 922. The van der Waals surface area contributed by atoms with E-state index < -0.39 is 11.7 Å². The first kappa shape index (κ1) is 22.0. The van der Waals surface area contributed by atoms with Crippen molar-refractivity contribution in [2.24, 2.45) is 0 Å². The number of aromatic hydroxyl groups is 1. The molecule has 172 valence electrons. The molecule has 4 rings (SSSR count). The van der Waals surface area contributed by atoms with Crippen molar-refractivity contribution in [2.45, 2.75) is 25.1 Å². The summed E-state index contributed by atoms with van der Waals surface area (Å²) in [5.41, 5.74) is 0.182. The molecule has 32 heavy (non-hydrogen) atoms. The summed E-state index contributed by atoms with van der Waals surface area (Å²) in [4.78, 5) is 22.5. The van der Waals surface area contributed by atoms with Gasteiger partial charge in [-0.2, -0.15) is 13.2 Å². The van der Waals surface area contributed by atoms with Gasteiger partial charge in [-0.05, 0) is 37.1 Å². The van der Waals surface area contributed by atoms with Crippen LogP contribution in [0.4, 0.5) is 29.5 Å². The summed E-state index contributed by atoms with van der Waals surface area (Å²) in [5.74, 6) is 0.742. The van der Waals surface area contributed by atoms with Crippen LogP contribution in [0.3, 0.4) is 0 Å². The van der Waals surface area contributed by atoms with E-state index in [1.165, 1.54) is 6.07 Å². The van der Waals surface area contributed by atoms with Gasteiger partial charge in [0.05, 0.1) is 5.56 Å². The van der Waals surface area contributed by atoms with Crippen LogP contribution in [-0.2, 0) is 6.18 Å². The average Bonchev–Trinajstić information content (AvgIpc) is 2.79. The lowest BCUT2D eigenvalue weighted by Gasteiger charge is -2.38. The molecule has 3 heterocycles. The van der Waals surface area contributed by atoms with Crippen LogP contribution >= 0.6 is 0 Å². The smallest absolute Gasteiger partial charge is 0.417 e. The fraction of sp³-hybridized carbons (Fsp3) is 0.455. The number of carbonyl (C=O) groups is 1. The lowest BCUT2D eigenvalue weighted by atomic mass is 10.1. The van der Waals surface area contributed by atoms with E-state index in [9.17, 15) is 23.1 Å². The molecule has 0 unspecified atom stereocenters. The second-order valence-electron chi connectivity index (χ2n) is 8.11. The van der Waals surface area contributed by atoms with Crippen molar-refractivity contribution in [1.29, 1.82) is 0 Å². The quantitative estimate of drug-likeness (QED) is 0.753. The van der Waals surface area contributed by atoms with Crippen LogP contribution in [0, 0.1) is 0 Å². The lowest BCUT2D eigenvalue weighted by molar-refractivity contribution is -0.137. The Balaban J connectivity index is 1.23. The van der Waals surface area contributed by atoms with Crippen LogP contribution in [0.5, 0.6) is 5.75 Å². The SMILES string of the molecule is O=C(NC1CCN(c2ccc(C(F)(F)F)cn2)CC1)N1CCN(c2cccc(O)c2)CC1. The van der Waals surface area contributed by atoms with Gasteiger partial charge >= 0.3 is 12.2 Å². The van der Waals surface area contributed by atoms with Crippen LogP contribution in [0.1, 0.15) is 18.4 Å². The number of piperazine rings is 1. The normalized spacial score (nSPS) is 18.0. The molecule has 2 amide bonds. The number of carbonyl (C=O) groups excluding carboxylic acids is 1. The van der Waals surface area contributed by atoms with Crippen LogP contribution in [0.2, 0.25) is 0 Å². The Hall–Kier alpha value is -3.17. The number of nitrogens with one attached hydrogen (secondary N) is 1. The summed E-state index contributed by atoms with van der Waals surface area (Å²) in [6, 6.07) is 9.47. The molecule has 10 heteroatoms. The molecule has 2 aliphatic rings. The number of rotatable bonds is 3. The third-order valence-electron chi connectivity index (χ3n) is 5.98. The van der Waals surface area contributed by atoms with E-state index in [1.54, 1.807) is 23.1 Å². The molecule has 2 saturated heterocycles. The van der Waals surface area contributed by atoms with E-state index >= 15 is 0 Å². The maximum Gasteiger partial charge on any atom is 0.417 e. The van der Waals surface area contributed by atoms with Gasteiger partial charge in [0.15, 0.2) is 0 Å². The van der Waals surface area contributed by atoms with Crippen molar-refractivity contribution in [1.82, 2.24) is 15.2 Å². The molecule has 2 N–H and O–H groups in total. The van der Waals surface area contributed by atoms with Crippen molar-refractivity contribution in [3.05, 3.63) is 48.2 Å². The first-order valence-corrected chi connectivity index (χ1v) is 10.7. The molecule has 0 saturated carbocycles. The third-order valence-corrected chi connectivity index (χ3v) is 5.98. The third kappa shape index (κ3) is 5.17. The Morgan fingerprint density at radius 3 is 2.31 bits per heavy atom. The molecule has 2 aliphatic heterocycles. The zero-order valence-corrected chi connectivity index (χ0v) is 17.6. The number of amides is 2. The van der Waals surface area contributed by atoms with Crippen molar-refractivity contribution >= 4 is 17.5 Å². The molecule has 1 aromatic heterocycles. The van der Waals surface area contributed by atoms with Crippen molar-refractivity contribution < 1.29 is 23.1 Å². The topological polar surface area (TPSA) is 71.9 Å². The number of phenolic OH excluding ortho intramolecular Hbond substituents is 1. The molecule has 2 fully saturated rings. The number of alkyl halides is 3. The number of piperidine rings is 1. The molecule has 2 aromatic rings. The molecule has 0 radical (unpaired) electrons. The Labute approximate surface area is 184 Å². The maximum absolute atomic E-state index is 12.7. The number of phenols is 1. The number of hydrogen-bond acceptors (Lipinski definition) is 5. The number of pyridine rings is 1. The minimum Gasteiger partial charge on any atom is -0.508 e. The second kappa shape index (κ2) is 9.13. The number of halogens is 3. The lowest BCUT2D eigenvalue weighted by Crippen LogP contribution is -2.55. The van der Waals surface area contributed by atoms with Gasteiger partial charge in [0.25, 0.3) is 0 Å². The molecule has 0 bridgehead atoms. The standard InChI is InChI=1S/C22H26F3N5O2/c23-22(24,25)16-4-5-20(26-15-16)29-8-6-17(7-9-29)27-21(32)30-12-10-28(11-13-30)18-2-1-3-19(31)14-18/h1-5,14-15,17,31H,6-13H2,(H,27,32). The first-order valence-electron chi connectivity index (χ1n) is 10.7. The van der Waals surface area contributed by atoms with Crippen molar-refractivity contribution in [2.75, 3.05) is 49.1 Å². The molecular formula is C22H26F3N5O2. The van der Waals surface area contributed by atoms with Crippen LogP contribution in [0.15, 0.2) is 42.6 Å². The van der Waals surface area contributed by atoms with Crippen molar-refractivity contribution in [3.63, 3.8) is 0 Å². The van der Waals surface area contributed by atoms with Gasteiger partial charge in [0.2, 0.25) is 0 Å². The van der Waals surface area contributed by atoms with Crippen LogP contribution < -0.4 is 15.1 Å². The number of aromatic nitrogens is 1. The first-order chi connectivity index (χ1) is 15.3. The van der Waals surface area contributed by atoms with E-state index in [2.05, 4.69) is 15.2 Å². The van der Waals surface area contributed by atoms with E-state index in [0.717, 1.165) is 18.0 Å². The zero-order chi connectivity index (χ0) is 22.7. The van der Waals surface area contributed by atoms with Gasteiger partial charge in [0, 0.05) is 63.3 Å². The minimum atomic E-state index is -4.39. The number of hydrogen-bond donors (Lipinski definition) is 2. The summed E-state index contributed by atoms with van der Waals surface area (Å²) in [5, 5.41) is 12.7. The highest BCUT2D eigenvalue weighted by molar-refractivity contribution is 5.75. The number of benzene rings is 1. The summed E-state index contributed by atoms with van der Waals surface area (Å²) < 4.78 is 38.1. The molecule has 1 aromatic carbocycles. The fourth-order valence-corrected chi connectivity index (χ4v) is 4.12. The van der Waals surface area contributed by atoms with Gasteiger partial charge < -0.3 is 25.1 Å². The van der Waals surface area contributed by atoms with Gasteiger partial charge in [-0.3, -0.25) is 0 Å². The second-order valence-corrected chi connectivity index (χ2v) is 8.11. The van der Waals surface area contributed by atoms with Crippen molar-refractivity contribution in [3.8, 4) is 5.75 Å². The fourth-order valence-electron chi connectivity index (χ4n) is 4.12. The molecular weight excluding hydrogens is 423 g/mol. The zero-order valence-electron chi connectivity index (χ0n) is 17.6. The van der Waals surface area contributed by atoms with E-state index in [0.29, 0.717) is 57.9 Å². The van der Waals surface area contributed by atoms with Gasteiger partial charge in [0.1, 0.15) is 11.6 Å². The van der Waals surface area contributed by atoms with Crippen LogP contribution in [0.25, 0.3) is 0 Å². The highest BCUT2D eigenvalue weighted by Crippen LogP contribution is 2.30. The van der Waals surface area contributed by atoms with Gasteiger partial charge in [-0.1, -0.05) is 6.07 Å². The molecule has 0 aliphatic carbocycles. The van der Waals surface area contributed by atoms with E-state index in [-0.39, 0.29) is 17.8 Å². The van der Waals surface area contributed by atoms with Gasteiger partial charge in [-0.25, -0.2) is 9.78 Å². The monoisotopic (exact) mass is 449 g/mol. The van der Waals surface area contributed by atoms with Gasteiger partial charge in [-0.15, -0.1) is 0 Å². The minimum absolute atomic E-state index is 0.0253. The predicted octanol–water partition coefficient (Wildman–Crippen LogP) is 3.31. The highest BCUT2D eigenvalue weighted by atomic mass is 19.4. The number of nitrogens with zero attached hydrogens (tertiary/aromatic N) is 4. The Morgan fingerprint density at radius 1 is 1.00 bits per heavy atom. The Kier molecular flexibility index (Phi) is 6.29. The average molecular weight is 449 g/mol. The van der Waals surface area contributed by atoms with E-state index in [1.807, 2.05) is 11.0 Å². The summed E-state index contributed by atoms with van der Waals surface area (Å²) >= 11 is 0. The summed E-state index contributed by atoms with van der Waals surface area (Å²) in [7, 11) is 0. The molecule has 7 nitrogen and oxygen atoms in total. The largest absolute Gasteiger partial charge is 0.508 e. The van der Waals surface area contributed by atoms with E-state index in [4.69, 9.17) is 0 Å². The molecule has 0 spiro atoms. The Morgan fingerprint density at radius 2 is 1.72 bits per heavy atom. The molecule has 0 atom stereocenters. The van der Waals surface area contributed by atoms with Crippen LogP contribution in [-0.4, -0.2) is 66.3 Å². The predicted molar refractivity (Wildman–Crippen MR) is 115 cm³/mol. The summed E-state index contributed by atoms with van der Waals surface area (Å²) in [6.45, 7) is 3.80. The maximum atomic E-state index is 12.7.